The highest BCUT2D eigenvalue weighted by atomic mass is 79.9. The Morgan fingerprint density at radius 1 is 1.33 bits per heavy atom. The van der Waals surface area contributed by atoms with Gasteiger partial charge in [-0.15, -0.1) is 0 Å². The smallest absolute Gasteiger partial charge is 0.459 e. The van der Waals surface area contributed by atoms with E-state index in [-0.39, 0.29) is 12.4 Å². The van der Waals surface area contributed by atoms with E-state index in [0.29, 0.717) is 12.8 Å². The number of aromatic amines is 1. The number of para-hydroxylation sites is 1. The average Bonchev–Trinajstić information content (AvgIpc) is 3.56. The van der Waals surface area contributed by atoms with Crippen molar-refractivity contribution >= 4 is 41.2 Å². The van der Waals surface area contributed by atoms with Crippen molar-refractivity contribution in [2.45, 2.75) is 47.5 Å². The number of H-pyrrole nitrogens is 1. The van der Waals surface area contributed by atoms with Crippen molar-refractivity contribution in [2.24, 2.45) is 0 Å². The third-order valence-electron chi connectivity index (χ3n) is 5.63. The number of carbonyl (C=O) groups is 1. The molecule has 1 aromatic heterocycles. The highest BCUT2D eigenvalue weighted by Gasteiger charge is 2.58. The molecule has 0 spiro atoms. The molecule has 1 saturated carbocycles. The molecule has 0 radical (unpaired) electrons. The molecular formula is C21H24BrClN3O9P. The first-order chi connectivity index (χ1) is 17.0. The Balaban J connectivity index is 1.54. The lowest BCUT2D eigenvalue weighted by molar-refractivity contribution is -0.146. The summed E-state index contributed by atoms with van der Waals surface area (Å²) in [7, 11) is -4.22. The predicted molar refractivity (Wildman–Crippen MR) is 131 cm³/mol. The number of nitrogens with zero attached hydrogens (tertiary/aromatic N) is 1. The zero-order valence-corrected chi connectivity index (χ0v) is 22.2. The number of carbonyl (C=O) groups excluding carboxylic acids is 1. The molecule has 5 atom stereocenters. The summed E-state index contributed by atoms with van der Waals surface area (Å²) in [4.78, 5) is 38.2. The van der Waals surface area contributed by atoms with E-state index in [0.717, 1.165) is 10.6 Å². The number of esters is 1. The topological polar surface area (TPSA) is 158 Å². The fourth-order valence-electron chi connectivity index (χ4n) is 3.61. The number of ether oxygens (including phenoxy) is 2. The van der Waals surface area contributed by atoms with Crippen molar-refractivity contribution in [3.05, 3.63) is 63.4 Å². The number of benzene rings is 1. The standard InChI is InChI=1S/C21H24BrClN3O9P/c1-2-32-18(29)20(9-10-20)25-36(31,35-13-6-4-3-5-7-13)33-12-14-16(28)21(22,23)17(34-14)26-11-8-15(27)24-19(26)30/h3-8,11,14,16-17,28H,2,9-10,12H2,1H3,(H,25,31)(H,24,27,30)/t14-,16-,17-,21+,36?/m1/s1. The van der Waals surface area contributed by atoms with Crippen LogP contribution in [0, 0.1) is 0 Å². The van der Waals surface area contributed by atoms with E-state index in [1.807, 2.05) is 0 Å². The molecular weight excluding hydrogens is 585 g/mol. The van der Waals surface area contributed by atoms with Gasteiger partial charge in [-0.2, -0.15) is 5.09 Å². The van der Waals surface area contributed by atoms with Gasteiger partial charge in [-0.05, 0) is 31.9 Å². The van der Waals surface area contributed by atoms with Crippen molar-refractivity contribution in [1.29, 1.82) is 0 Å². The molecule has 12 nitrogen and oxygen atoms in total. The number of hydrogen-bond donors (Lipinski definition) is 3. The number of hydrogen-bond acceptors (Lipinski definition) is 9. The number of halogens is 2. The molecule has 1 aliphatic carbocycles. The molecule has 1 unspecified atom stereocenters. The second kappa shape index (κ2) is 10.4. The van der Waals surface area contributed by atoms with Crippen LogP contribution in [0.3, 0.4) is 0 Å². The molecule has 2 heterocycles. The monoisotopic (exact) mass is 607 g/mol. The first-order valence-electron chi connectivity index (χ1n) is 11.0. The molecule has 196 valence electrons. The van der Waals surface area contributed by atoms with Gasteiger partial charge in [0.15, 0.2) is 10.0 Å². The van der Waals surface area contributed by atoms with Crippen molar-refractivity contribution in [3.63, 3.8) is 0 Å². The molecule has 4 rings (SSSR count). The Morgan fingerprint density at radius 2 is 2.03 bits per heavy atom. The minimum absolute atomic E-state index is 0.142. The molecule has 1 aliphatic heterocycles. The van der Waals surface area contributed by atoms with Gasteiger partial charge >= 0.3 is 19.4 Å². The lowest BCUT2D eigenvalue weighted by atomic mass is 10.2. The second-order valence-electron chi connectivity index (χ2n) is 8.28. The second-order valence-corrected chi connectivity index (χ2v) is 12.3. The summed E-state index contributed by atoms with van der Waals surface area (Å²) in [5.74, 6) is -0.369. The van der Waals surface area contributed by atoms with Gasteiger partial charge in [0.1, 0.15) is 23.5 Å². The normalized spacial score (nSPS) is 28.3. The van der Waals surface area contributed by atoms with E-state index in [2.05, 4.69) is 26.0 Å². The number of aromatic nitrogens is 2. The summed E-state index contributed by atoms with van der Waals surface area (Å²) >= 11 is 9.63. The third kappa shape index (κ3) is 5.62. The summed E-state index contributed by atoms with van der Waals surface area (Å²) in [6.45, 7) is 1.31. The Bertz CT molecular complexity index is 1270. The van der Waals surface area contributed by atoms with E-state index in [9.17, 15) is 24.1 Å². The average molecular weight is 609 g/mol. The van der Waals surface area contributed by atoms with Crippen molar-refractivity contribution in [2.75, 3.05) is 13.2 Å². The molecule has 2 aliphatic rings. The molecule has 3 N–H and O–H groups in total. The molecule has 1 saturated heterocycles. The Kier molecular flexibility index (Phi) is 7.82. The van der Waals surface area contributed by atoms with Gasteiger partial charge < -0.3 is 19.1 Å². The number of aliphatic hydroxyl groups is 1. The largest absolute Gasteiger partial charge is 0.465 e. The molecule has 0 bridgehead atoms. The SMILES string of the molecule is CCOC(=O)C1(NP(=O)(OC[C@H]2O[C@@H](n3ccc(=O)[nH]c3=O)[C@](Cl)(Br)[C@@H]2O)Oc2ccccc2)CC1. The lowest BCUT2D eigenvalue weighted by Gasteiger charge is -2.26. The molecule has 0 amide bonds. The third-order valence-corrected chi connectivity index (χ3v) is 8.54. The maximum Gasteiger partial charge on any atom is 0.459 e. The van der Waals surface area contributed by atoms with Gasteiger partial charge in [0.25, 0.3) is 5.56 Å². The van der Waals surface area contributed by atoms with Crippen LogP contribution in [0.4, 0.5) is 0 Å². The molecule has 36 heavy (non-hydrogen) atoms. The van der Waals surface area contributed by atoms with Crippen LogP contribution in [0.1, 0.15) is 26.0 Å². The van der Waals surface area contributed by atoms with Crippen LogP contribution >= 0.6 is 35.3 Å². The van der Waals surface area contributed by atoms with Crippen LogP contribution in [0.2, 0.25) is 0 Å². The zero-order valence-electron chi connectivity index (χ0n) is 19.0. The van der Waals surface area contributed by atoms with Gasteiger partial charge in [-0.3, -0.25) is 23.7 Å². The van der Waals surface area contributed by atoms with Gasteiger partial charge in [-0.1, -0.05) is 45.7 Å². The quantitative estimate of drug-likeness (QED) is 0.207. The van der Waals surface area contributed by atoms with E-state index in [4.69, 9.17) is 30.1 Å². The van der Waals surface area contributed by atoms with Gasteiger partial charge in [0.2, 0.25) is 0 Å². The molecule has 1 aromatic carbocycles. The predicted octanol–water partition coefficient (Wildman–Crippen LogP) is 2.01. The fourth-order valence-corrected chi connectivity index (χ4v) is 6.27. The Hall–Kier alpha value is -1.99. The summed E-state index contributed by atoms with van der Waals surface area (Å²) < 4.78 is 35.2. The molecule has 2 aromatic rings. The van der Waals surface area contributed by atoms with Crippen LogP contribution in [-0.4, -0.2) is 55.4 Å². The van der Waals surface area contributed by atoms with E-state index < -0.39 is 59.3 Å². The first-order valence-corrected chi connectivity index (χ1v) is 13.7. The minimum Gasteiger partial charge on any atom is -0.465 e. The highest BCUT2D eigenvalue weighted by molar-refractivity contribution is 9.10. The summed E-state index contributed by atoms with van der Waals surface area (Å²) in [6.07, 6.45) is -2.00. The van der Waals surface area contributed by atoms with Gasteiger partial charge in [0.05, 0.1) is 13.2 Å². The molecule has 15 heteroatoms. The lowest BCUT2D eigenvalue weighted by Crippen LogP contribution is -2.42. The van der Waals surface area contributed by atoms with Crippen molar-refractivity contribution in [1.82, 2.24) is 14.6 Å². The first kappa shape index (κ1) is 27.1. The van der Waals surface area contributed by atoms with Crippen molar-refractivity contribution < 1.29 is 33.0 Å². The van der Waals surface area contributed by atoms with E-state index in [1.165, 1.54) is 6.20 Å². The van der Waals surface area contributed by atoms with Crippen molar-refractivity contribution in [3.8, 4) is 5.75 Å². The summed E-state index contributed by atoms with van der Waals surface area (Å²) in [5.41, 5.74) is -2.66. The Labute approximate surface area is 218 Å². The number of nitrogens with one attached hydrogen (secondary N) is 2. The maximum atomic E-state index is 13.8. The fraction of sp³-hybridized carbons (Fsp3) is 0.476. The van der Waals surface area contributed by atoms with E-state index >= 15 is 0 Å². The van der Waals surface area contributed by atoms with Crippen LogP contribution < -0.4 is 20.9 Å². The van der Waals surface area contributed by atoms with E-state index in [1.54, 1.807) is 37.3 Å². The number of alkyl halides is 2. The number of aliphatic hydroxyl groups excluding tert-OH is 1. The van der Waals surface area contributed by atoms with Crippen LogP contribution in [0.5, 0.6) is 5.75 Å². The maximum absolute atomic E-state index is 13.8. The zero-order chi connectivity index (χ0) is 26.1. The highest BCUT2D eigenvalue weighted by Crippen LogP contribution is 2.54. The molecule has 2 fully saturated rings. The number of rotatable bonds is 10. The Morgan fingerprint density at radius 3 is 2.64 bits per heavy atom. The summed E-state index contributed by atoms with van der Waals surface area (Å²) in [6, 6.07) is 9.29. The van der Waals surface area contributed by atoms with Crippen LogP contribution in [0.25, 0.3) is 0 Å². The van der Waals surface area contributed by atoms with Crippen LogP contribution in [-0.2, 0) is 23.4 Å². The summed E-state index contributed by atoms with van der Waals surface area (Å²) in [5, 5.41) is 13.5. The van der Waals surface area contributed by atoms with Crippen LogP contribution in [0.15, 0.2) is 52.2 Å². The van der Waals surface area contributed by atoms with Gasteiger partial charge in [0, 0.05) is 12.3 Å². The minimum atomic E-state index is -4.22. The van der Waals surface area contributed by atoms with Gasteiger partial charge in [-0.25, -0.2) is 9.36 Å².